The Morgan fingerprint density at radius 1 is 1.24 bits per heavy atom. The fourth-order valence-corrected chi connectivity index (χ4v) is 1.89. The standard InChI is InChI=1S/C12H10ClNO3/c13-6-11-14-7-10(17-11)8-2-1-3-9-12(8)16-5-4-15-9/h1-3,7H,4-6H2. The minimum Gasteiger partial charge on any atom is -0.486 e. The molecule has 0 amide bonds. The highest BCUT2D eigenvalue weighted by Crippen LogP contribution is 2.39. The summed E-state index contributed by atoms with van der Waals surface area (Å²) in [6.07, 6.45) is 1.64. The summed E-state index contributed by atoms with van der Waals surface area (Å²) in [5.41, 5.74) is 0.839. The van der Waals surface area contributed by atoms with Gasteiger partial charge in [0, 0.05) is 0 Å². The number of halogens is 1. The average molecular weight is 252 g/mol. The minimum absolute atomic E-state index is 0.256. The van der Waals surface area contributed by atoms with E-state index in [1.54, 1.807) is 6.20 Å². The van der Waals surface area contributed by atoms with Crippen LogP contribution in [-0.2, 0) is 5.88 Å². The summed E-state index contributed by atoms with van der Waals surface area (Å²) < 4.78 is 16.6. The molecule has 88 valence electrons. The first-order chi connectivity index (χ1) is 8.38. The molecule has 3 rings (SSSR count). The summed E-state index contributed by atoms with van der Waals surface area (Å²) in [7, 11) is 0. The molecule has 1 aliphatic rings. The molecule has 0 fully saturated rings. The molecule has 2 heterocycles. The highest BCUT2D eigenvalue weighted by Gasteiger charge is 2.19. The fourth-order valence-electron chi connectivity index (χ4n) is 1.76. The second-order valence-corrected chi connectivity index (χ2v) is 3.85. The van der Waals surface area contributed by atoms with Gasteiger partial charge in [0.1, 0.15) is 13.2 Å². The van der Waals surface area contributed by atoms with Crippen LogP contribution in [0.1, 0.15) is 5.89 Å². The second-order valence-electron chi connectivity index (χ2n) is 3.58. The minimum atomic E-state index is 0.256. The van der Waals surface area contributed by atoms with Crippen molar-refractivity contribution in [3.63, 3.8) is 0 Å². The molecule has 1 aromatic heterocycles. The maximum Gasteiger partial charge on any atom is 0.209 e. The number of aromatic nitrogens is 1. The SMILES string of the molecule is ClCc1ncc(-c2cccc3c2OCCO3)o1. The number of nitrogens with zero attached hydrogens (tertiary/aromatic N) is 1. The van der Waals surface area contributed by atoms with Crippen LogP contribution in [0.3, 0.4) is 0 Å². The van der Waals surface area contributed by atoms with Crippen molar-refractivity contribution < 1.29 is 13.9 Å². The van der Waals surface area contributed by atoms with Crippen molar-refractivity contribution in [3.8, 4) is 22.8 Å². The Kier molecular flexibility index (Phi) is 2.65. The van der Waals surface area contributed by atoms with E-state index in [1.807, 2.05) is 18.2 Å². The van der Waals surface area contributed by atoms with Crippen molar-refractivity contribution in [2.45, 2.75) is 5.88 Å². The van der Waals surface area contributed by atoms with Crippen molar-refractivity contribution in [1.29, 1.82) is 0 Å². The third-order valence-corrected chi connectivity index (χ3v) is 2.73. The molecular formula is C12H10ClNO3. The molecule has 17 heavy (non-hydrogen) atoms. The lowest BCUT2D eigenvalue weighted by Crippen LogP contribution is -2.15. The fraction of sp³-hybridized carbons (Fsp3) is 0.250. The average Bonchev–Trinajstić information content (AvgIpc) is 2.87. The quantitative estimate of drug-likeness (QED) is 0.770. The van der Waals surface area contributed by atoms with E-state index < -0.39 is 0 Å². The number of hydrogen-bond acceptors (Lipinski definition) is 4. The molecule has 4 nitrogen and oxygen atoms in total. The Labute approximate surface area is 103 Å². The number of ether oxygens (including phenoxy) is 2. The largest absolute Gasteiger partial charge is 0.486 e. The van der Waals surface area contributed by atoms with Gasteiger partial charge in [0.05, 0.1) is 17.6 Å². The van der Waals surface area contributed by atoms with E-state index in [9.17, 15) is 0 Å². The second kappa shape index (κ2) is 4.30. The number of benzene rings is 1. The van der Waals surface area contributed by atoms with E-state index in [0.717, 1.165) is 11.3 Å². The number of fused-ring (bicyclic) bond motifs is 1. The smallest absolute Gasteiger partial charge is 0.209 e. The van der Waals surface area contributed by atoms with Crippen LogP contribution in [0.4, 0.5) is 0 Å². The van der Waals surface area contributed by atoms with Gasteiger partial charge in [-0.05, 0) is 12.1 Å². The highest BCUT2D eigenvalue weighted by atomic mass is 35.5. The molecule has 5 heteroatoms. The van der Waals surface area contributed by atoms with Gasteiger partial charge in [-0.2, -0.15) is 0 Å². The molecule has 1 aromatic carbocycles. The zero-order valence-corrected chi connectivity index (χ0v) is 9.74. The monoisotopic (exact) mass is 251 g/mol. The Morgan fingerprint density at radius 2 is 2.12 bits per heavy atom. The lowest BCUT2D eigenvalue weighted by Gasteiger charge is -2.19. The first-order valence-corrected chi connectivity index (χ1v) is 5.81. The van der Waals surface area contributed by atoms with E-state index in [4.69, 9.17) is 25.5 Å². The summed E-state index contributed by atoms with van der Waals surface area (Å²) in [5.74, 6) is 2.83. The first kappa shape index (κ1) is 10.5. The molecule has 1 aliphatic heterocycles. The van der Waals surface area contributed by atoms with Gasteiger partial charge in [-0.25, -0.2) is 4.98 Å². The van der Waals surface area contributed by atoms with Crippen molar-refractivity contribution in [3.05, 3.63) is 30.3 Å². The zero-order valence-electron chi connectivity index (χ0n) is 8.98. The lowest BCUT2D eigenvalue weighted by atomic mass is 10.1. The van der Waals surface area contributed by atoms with E-state index in [-0.39, 0.29) is 5.88 Å². The number of alkyl halides is 1. The summed E-state index contributed by atoms with van der Waals surface area (Å²) in [4.78, 5) is 4.06. The van der Waals surface area contributed by atoms with Gasteiger partial charge in [-0.3, -0.25) is 0 Å². The molecule has 0 saturated carbocycles. The topological polar surface area (TPSA) is 44.5 Å². The Morgan fingerprint density at radius 3 is 2.94 bits per heavy atom. The molecule has 0 unspecified atom stereocenters. The van der Waals surface area contributed by atoms with Gasteiger partial charge in [0.25, 0.3) is 0 Å². The molecule has 0 N–H and O–H groups in total. The zero-order chi connectivity index (χ0) is 11.7. The molecule has 0 aliphatic carbocycles. The predicted molar refractivity (Wildman–Crippen MR) is 62.5 cm³/mol. The van der Waals surface area contributed by atoms with Gasteiger partial charge >= 0.3 is 0 Å². The number of rotatable bonds is 2. The van der Waals surface area contributed by atoms with Crippen LogP contribution in [0.5, 0.6) is 11.5 Å². The number of para-hydroxylation sites is 1. The van der Waals surface area contributed by atoms with Crippen LogP contribution < -0.4 is 9.47 Å². The van der Waals surface area contributed by atoms with Crippen LogP contribution in [0.2, 0.25) is 0 Å². The molecule has 0 atom stereocenters. The van der Waals surface area contributed by atoms with E-state index in [2.05, 4.69) is 4.98 Å². The molecule has 0 spiro atoms. The van der Waals surface area contributed by atoms with Crippen LogP contribution in [0.15, 0.2) is 28.8 Å². The van der Waals surface area contributed by atoms with Crippen LogP contribution in [-0.4, -0.2) is 18.2 Å². The summed E-state index contributed by atoms with van der Waals surface area (Å²) in [5, 5.41) is 0. The van der Waals surface area contributed by atoms with Crippen LogP contribution in [0.25, 0.3) is 11.3 Å². The summed E-state index contributed by atoms with van der Waals surface area (Å²) in [6, 6.07) is 5.68. The predicted octanol–water partition coefficient (Wildman–Crippen LogP) is 2.85. The molecule has 0 saturated heterocycles. The van der Waals surface area contributed by atoms with Crippen LogP contribution in [0, 0.1) is 0 Å². The third kappa shape index (κ3) is 1.85. The molecular weight excluding hydrogens is 242 g/mol. The maximum atomic E-state index is 5.66. The van der Waals surface area contributed by atoms with Gasteiger partial charge in [-0.15, -0.1) is 11.6 Å². The van der Waals surface area contributed by atoms with Gasteiger partial charge in [0.2, 0.25) is 5.89 Å². The normalized spacial score (nSPS) is 13.7. The summed E-state index contributed by atoms with van der Waals surface area (Å²) >= 11 is 5.66. The molecule has 0 radical (unpaired) electrons. The molecule has 0 bridgehead atoms. The number of hydrogen-bond donors (Lipinski definition) is 0. The van der Waals surface area contributed by atoms with Gasteiger partial charge < -0.3 is 13.9 Å². The van der Waals surface area contributed by atoms with Gasteiger partial charge in [-0.1, -0.05) is 6.07 Å². The lowest BCUT2D eigenvalue weighted by molar-refractivity contribution is 0.172. The Bertz CT molecular complexity index is 538. The van der Waals surface area contributed by atoms with Crippen molar-refractivity contribution in [2.24, 2.45) is 0 Å². The van der Waals surface area contributed by atoms with E-state index in [1.165, 1.54) is 0 Å². The van der Waals surface area contributed by atoms with Crippen molar-refractivity contribution in [1.82, 2.24) is 4.98 Å². The van der Waals surface area contributed by atoms with Crippen molar-refractivity contribution >= 4 is 11.6 Å². The van der Waals surface area contributed by atoms with Crippen LogP contribution >= 0.6 is 11.6 Å². The first-order valence-electron chi connectivity index (χ1n) is 5.28. The summed E-state index contributed by atoms with van der Waals surface area (Å²) in [6.45, 7) is 1.11. The maximum absolute atomic E-state index is 5.66. The Balaban J connectivity index is 2.07. The Hall–Kier alpha value is -1.68. The van der Waals surface area contributed by atoms with E-state index >= 15 is 0 Å². The third-order valence-electron chi connectivity index (χ3n) is 2.50. The van der Waals surface area contributed by atoms with Gasteiger partial charge in [0.15, 0.2) is 17.3 Å². The van der Waals surface area contributed by atoms with Crippen molar-refractivity contribution in [2.75, 3.05) is 13.2 Å². The molecule has 2 aromatic rings. The number of oxazole rings is 1. The highest BCUT2D eigenvalue weighted by molar-refractivity contribution is 6.16. The van der Waals surface area contributed by atoms with E-state index in [0.29, 0.717) is 30.6 Å².